The molecule has 0 amide bonds. The molecule has 2 nitrogen and oxygen atoms in total. The Morgan fingerprint density at radius 2 is 2.29 bits per heavy atom. The van der Waals surface area contributed by atoms with Crippen LogP contribution in [0.4, 0.5) is 0 Å². The molecule has 2 unspecified atom stereocenters. The molecule has 76 valence electrons. The molecule has 2 heteroatoms. The molecule has 1 aliphatic rings. The maximum Gasteiger partial charge on any atom is 0.155 e. The van der Waals surface area contributed by atoms with Gasteiger partial charge in [0, 0.05) is 0 Å². The second-order valence-corrected chi connectivity index (χ2v) is 3.73. The van der Waals surface area contributed by atoms with Crippen molar-refractivity contribution in [3.63, 3.8) is 0 Å². The van der Waals surface area contributed by atoms with Crippen LogP contribution in [0.25, 0.3) is 0 Å². The number of aliphatic hydroxyl groups is 1. The lowest BCUT2D eigenvalue weighted by Crippen LogP contribution is -2.13. The Morgan fingerprint density at radius 1 is 1.50 bits per heavy atom. The van der Waals surface area contributed by atoms with E-state index in [0.717, 1.165) is 12.8 Å². The molecular formula is C12H16O2. The van der Waals surface area contributed by atoms with Crippen LogP contribution in [0, 0.1) is 0 Å². The summed E-state index contributed by atoms with van der Waals surface area (Å²) in [6.45, 7) is 1.92. The number of fused-ring (bicyclic) bond motifs is 1. The van der Waals surface area contributed by atoms with Gasteiger partial charge >= 0.3 is 0 Å². The molecule has 0 bridgehead atoms. The first-order chi connectivity index (χ1) is 6.81. The molecule has 0 spiro atoms. The van der Waals surface area contributed by atoms with Crippen LogP contribution in [0.5, 0.6) is 0 Å². The highest BCUT2D eigenvalue weighted by Gasteiger charge is 2.24. The van der Waals surface area contributed by atoms with Gasteiger partial charge in [0.1, 0.15) is 0 Å². The van der Waals surface area contributed by atoms with Crippen LogP contribution in [-0.4, -0.2) is 11.4 Å². The summed E-state index contributed by atoms with van der Waals surface area (Å²) < 4.78 is 5.54. The second-order valence-electron chi connectivity index (χ2n) is 3.73. The number of rotatable bonds is 3. The standard InChI is InChI=1S/C12H16O2/c1-2-12(13)14-11-8-7-9-5-3-4-6-10(9)11/h3-6,11-13H,2,7-8H2,1H3. The molecule has 0 fully saturated rings. The van der Waals surface area contributed by atoms with Crippen LogP contribution in [0.15, 0.2) is 24.3 Å². The minimum atomic E-state index is -0.619. The largest absolute Gasteiger partial charge is 0.368 e. The van der Waals surface area contributed by atoms with Crippen molar-refractivity contribution in [1.82, 2.24) is 0 Å². The van der Waals surface area contributed by atoms with Gasteiger partial charge < -0.3 is 9.84 Å². The van der Waals surface area contributed by atoms with Crippen molar-refractivity contribution in [2.75, 3.05) is 0 Å². The van der Waals surface area contributed by atoms with Crippen molar-refractivity contribution >= 4 is 0 Å². The van der Waals surface area contributed by atoms with E-state index in [1.54, 1.807) is 0 Å². The fourth-order valence-electron chi connectivity index (χ4n) is 1.95. The van der Waals surface area contributed by atoms with E-state index in [9.17, 15) is 5.11 Å². The van der Waals surface area contributed by atoms with Gasteiger partial charge in [-0.05, 0) is 30.4 Å². The highest BCUT2D eigenvalue weighted by molar-refractivity contribution is 5.33. The molecule has 1 aromatic rings. The summed E-state index contributed by atoms with van der Waals surface area (Å²) in [5, 5.41) is 9.42. The molecule has 1 aromatic carbocycles. The second kappa shape index (κ2) is 4.11. The monoisotopic (exact) mass is 192 g/mol. The van der Waals surface area contributed by atoms with E-state index >= 15 is 0 Å². The molecule has 2 atom stereocenters. The highest BCUT2D eigenvalue weighted by Crippen LogP contribution is 2.34. The Labute approximate surface area is 84.5 Å². The lowest BCUT2D eigenvalue weighted by molar-refractivity contribution is -0.137. The Morgan fingerprint density at radius 3 is 3.07 bits per heavy atom. The average Bonchev–Trinajstić information content (AvgIpc) is 2.62. The molecular weight excluding hydrogens is 176 g/mol. The van der Waals surface area contributed by atoms with Gasteiger partial charge in [-0.1, -0.05) is 31.2 Å². The third kappa shape index (κ3) is 1.81. The van der Waals surface area contributed by atoms with Gasteiger partial charge in [0.2, 0.25) is 0 Å². The summed E-state index contributed by atoms with van der Waals surface area (Å²) in [7, 11) is 0. The minimum absolute atomic E-state index is 0.0983. The van der Waals surface area contributed by atoms with Gasteiger partial charge in [0.05, 0.1) is 6.10 Å². The topological polar surface area (TPSA) is 29.5 Å². The van der Waals surface area contributed by atoms with Gasteiger partial charge in [-0.25, -0.2) is 0 Å². The molecule has 0 saturated heterocycles. The van der Waals surface area contributed by atoms with Gasteiger partial charge in [0.15, 0.2) is 6.29 Å². The molecule has 1 N–H and O–H groups in total. The summed E-state index contributed by atoms with van der Waals surface area (Å²) in [5.41, 5.74) is 2.61. The molecule has 0 radical (unpaired) electrons. The third-order valence-electron chi connectivity index (χ3n) is 2.75. The summed E-state index contributed by atoms with van der Waals surface area (Å²) in [4.78, 5) is 0. The highest BCUT2D eigenvalue weighted by atomic mass is 16.6. The number of hydrogen-bond acceptors (Lipinski definition) is 2. The average molecular weight is 192 g/mol. The predicted octanol–water partition coefficient (Wildman–Crippen LogP) is 2.42. The molecule has 1 aliphatic carbocycles. The van der Waals surface area contributed by atoms with Crippen molar-refractivity contribution in [1.29, 1.82) is 0 Å². The zero-order valence-electron chi connectivity index (χ0n) is 8.44. The van der Waals surface area contributed by atoms with E-state index < -0.39 is 6.29 Å². The molecule has 0 aliphatic heterocycles. The lowest BCUT2D eigenvalue weighted by Gasteiger charge is -2.16. The maximum atomic E-state index is 9.42. The van der Waals surface area contributed by atoms with E-state index in [-0.39, 0.29) is 6.10 Å². The normalized spacial score (nSPS) is 22.0. The van der Waals surface area contributed by atoms with Crippen LogP contribution >= 0.6 is 0 Å². The molecule has 0 aromatic heterocycles. The number of ether oxygens (including phenoxy) is 1. The number of aryl methyl sites for hydroxylation is 1. The van der Waals surface area contributed by atoms with Gasteiger partial charge in [0.25, 0.3) is 0 Å². The Kier molecular flexibility index (Phi) is 2.85. The molecule has 14 heavy (non-hydrogen) atoms. The van der Waals surface area contributed by atoms with Crippen molar-refractivity contribution in [3.8, 4) is 0 Å². The predicted molar refractivity (Wildman–Crippen MR) is 54.9 cm³/mol. The van der Waals surface area contributed by atoms with E-state index in [4.69, 9.17) is 4.74 Å². The summed E-state index contributed by atoms with van der Waals surface area (Å²) in [6, 6.07) is 8.31. The van der Waals surface area contributed by atoms with Crippen LogP contribution in [-0.2, 0) is 11.2 Å². The van der Waals surface area contributed by atoms with Crippen LogP contribution < -0.4 is 0 Å². The number of benzene rings is 1. The fraction of sp³-hybridized carbons (Fsp3) is 0.500. The van der Waals surface area contributed by atoms with Crippen molar-refractivity contribution < 1.29 is 9.84 Å². The first kappa shape index (κ1) is 9.69. The molecule has 0 saturated carbocycles. The van der Waals surface area contributed by atoms with E-state index in [1.807, 2.05) is 13.0 Å². The summed E-state index contributed by atoms with van der Waals surface area (Å²) in [6.07, 6.45) is 2.19. The zero-order valence-corrected chi connectivity index (χ0v) is 8.44. The summed E-state index contributed by atoms with van der Waals surface area (Å²) in [5.74, 6) is 0. The minimum Gasteiger partial charge on any atom is -0.368 e. The van der Waals surface area contributed by atoms with Crippen molar-refractivity contribution in [3.05, 3.63) is 35.4 Å². The van der Waals surface area contributed by atoms with Crippen molar-refractivity contribution in [2.24, 2.45) is 0 Å². The quantitative estimate of drug-likeness (QED) is 0.745. The molecule has 2 rings (SSSR count). The summed E-state index contributed by atoms with van der Waals surface area (Å²) >= 11 is 0. The maximum absolute atomic E-state index is 9.42. The van der Waals surface area contributed by atoms with Crippen LogP contribution in [0.3, 0.4) is 0 Å². The third-order valence-corrected chi connectivity index (χ3v) is 2.75. The molecule has 0 heterocycles. The van der Waals surface area contributed by atoms with E-state index in [2.05, 4.69) is 18.2 Å². The Hall–Kier alpha value is -0.860. The van der Waals surface area contributed by atoms with Crippen molar-refractivity contribution in [2.45, 2.75) is 38.6 Å². The van der Waals surface area contributed by atoms with Crippen LogP contribution in [0.2, 0.25) is 0 Å². The number of aliphatic hydroxyl groups excluding tert-OH is 1. The first-order valence-electron chi connectivity index (χ1n) is 5.22. The number of hydrogen-bond donors (Lipinski definition) is 1. The SMILES string of the molecule is CCC(O)OC1CCc2ccccc21. The Balaban J connectivity index is 2.10. The van der Waals surface area contributed by atoms with Gasteiger partial charge in [-0.15, -0.1) is 0 Å². The smallest absolute Gasteiger partial charge is 0.155 e. The fourth-order valence-corrected chi connectivity index (χ4v) is 1.95. The van der Waals surface area contributed by atoms with E-state index in [1.165, 1.54) is 11.1 Å². The lowest BCUT2D eigenvalue weighted by atomic mass is 10.1. The first-order valence-corrected chi connectivity index (χ1v) is 5.22. The van der Waals surface area contributed by atoms with Gasteiger partial charge in [-0.2, -0.15) is 0 Å². The van der Waals surface area contributed by atoms with E-state index in [0.29, 0.717) is 6.42 Å². The Bertz CT molecular complexity index is 309. The van der Waals surface area contributed by atoms with Crippen LogP contribution in [0.1, 0.15) is 37.0 Å². The zero-order chi connectivity index (χ0) is 9.97. The van der Waals surface area contributed by atoms with Gasteiger partial charge in [-0.3, -0.25) is 0 Å².